The van der Waals surface area contributed by atoms with Crippen LogP contribution in [0.5, 0.6) is 0 Å². The number of fused-ring (bicyclic) bond motifs is 1. The predicted molar refractivity (Wildman–Crippen MR) is 86.2 cm³/mol. The molecule has 1 aromatic heterocycles. The standard InChI is InChI=1S/C18H17FN2O/c1-12-6-7-13-9-15(18(22)21-17(13)8-12)11-20-10-14-4-2-3-5-16(14)19/h2-9,20H,10-11H2,1H3,(H,21,22). The summed E-state index contributed by atoms with van der Waals surface area (Å²) in [6.45, 7) is 2.77. The van der Waals surface area contributed by atoms with E-state index in [0.29, 0.717) is 24.2 Å². The molecule has 0 saturated carbocycles. The van der Waals surface area contributed by atoms with Gasteiger partial charge in [-0.3, -0.25) is 4.79 Å². The largest absolute Gasteiger partial charge is 0.322 e. The van der Waals surface area contributed by atoms with Crippen LogP contribution < -0.4 is 10.9 Å². The molecule has 0 radical (unpaired) electrons. The van der Waals surface area contributed by atoms with Gasteiger partial charge in [0.25, 0.3) is 5.56 Å². The predicted octanol–water partition coefficient (Wildman–Crippen LogP) is 3.27. The van der Waals surface area contributed by atoms with Gasteiger partial charge in [0.1, 0.15) is 5.82 Å². The van der Waals surface area contributed by atoms with Crippen molar-refractivity contribution >= 4 is 10.9 Å². The minimum Gasteiger partial charge on any atom is -0.322 e. The third kappa shape index (κ3) is 3.07. The molecule has 0 aliphatic carbocycles. The van der Waals surface area contributed by atoms with Gasteiger partial charge in [-0.1, -0.05) is 30.3 Å². The molecule has 2 N–H and O–H groups in total. The third-order valence-corrected chi connectivity index (χ3v) is 3.67. The van der Waals surface area contributed by atoms with Crippen LogP contribution in [0.15, 0.2) is 53.3 Å². The molecule has 0 amide bonds. The van der Waals surface area contributed by atoms with Crippen molar-refractivity contribution in [3.8, 4) is 0 Å². The minimum atomic E-state index is -0.238. The van der Waals surface area contributed by atoms with Crippen LogP contribution in [0, 0.1) is 12.7 Å². The molecular formula is C18H17FN2O. The second kappa shape index (κ2) is 6.12. The third-order valence-electron chi connectivity index (χ3n) is 3.67. The van der Waals surface area contributed by atoms with Crippen molar-refractivity contribution in [1.29, 1.82) is 0 Å². The summed E-state index contributed by atoms with van der Waals surface area (Å²) in [7, 11) is 0. The smallest absolute Gasteiger partial charge is 0.252 e. The zero-order chi connectivity index (χ0) is 15.5. The fourth-order valence-corrected chi connectivity index (χ4v) is 2.46. The van der Waals surface area contributed by atoms with Crippen LogP contribution in [0.2, 0.25) is 0 Å². The lowest BCUT2D eigenvalue weighted by Crippen LogP contribution is -2.21. The molecule has 0 saturated heterocycles. The number of rotatable bonds is 4. The summed E-state index contributed by atoms with van der Waals surface area (Å²) < 4.78 is 13.5. The fraction of sp³-hybridized carbons (Fsp3) is 0.167. The van der Waals surface area contributed by atoms with E-state index in [0.717, 1.165) is 16.5 Å². The summed E-state index contributed by atoms with van der Waals surface area (Å²) in [4.78, 5) is 15.0. The lowest BCUT2D eigenvalue weighted by atomic mass is 10.1. The van der Waals surface area contributed by atoms with Crippen LogP contribution in [0.3, 0.4) is 0 Å². The van der Waals surface area contributed by atoms with Crippen molar-refractivity contribution in [2.45, 2.75) is 20.0 Å². The molecule has 22 heavy (non-hydrogen) atoms. The first-order valence-electron chi connectivity index (χ1n) is 7.20. The van der Waals surface area contributed by atoms with Gasteiger partial charge in [-0.15, -0.1) is 0 Å². The normalized spacial score (nSPS) is 11.0. The van der Waals surface area contributed by atoms with Gasteiger partial charge >= 0.3 is 0 Å². The number of H-pyrrole nitrogens is 1. The molecule has 3 rings (SSSR count). The van der Waals surface area contributed by atoms with Crippen molar-refractivity contribution in [1.82, 2.24) is 10.3 Å². The van der Waals surface area contributed by atoms with Crippen LogP contribution in [-0.4, -0.2) is 4.98 Å². The number of hydrogen-bond donors (Lipinski definition) is 2. The number of aromatic amines is 1. The average Bonchev–Trinajstić information content (AvgIpc) is 2.50. The Morgan fingerprint density at radius 1 is 1.05 bits per heavy atom. The van der Waals surface area contributed by atoms with Gasteiger partial charge in [0.05, 0.1) is 0 Å². The molecule has 4 heteroatoms. The molecule has 0 fully saturated rings. The van der Waals surface area contributed by atoms with Crippen LogP contribution in [0.25, 0.3) is 10.9 Å². The van der Waals surface area contributed by atoms with Crippen molar-refractivity contribution < 1.29 is 4.39 Å². The first kappa shape index (κ1) is 14.5. The van der Waals surface area contributed by atoms with E-state index >= 15 is 0 Å². The molecule has 3 nitrogen and oxygen atoms in total. The van der Waals surface area contributed by atoms with Crippen LogP contribution in [-0.2, 0) is 13.1 Å². The molecule has 0 aliphatic heterocycles. The molecule has 0 unspecified atom stereocenters. The summed E-state index contributed by atoms with van der Waals surface area (Å²) in [5, 5.41) is 4.11. The van der Waals surface area contributed by atoms with Gasteiger partial charge in [0.15, 0.2) is 0 Å². The van der Waals surface area contributed by atoms with Crippen LogP contribution >= 0.6 is 0 Å². The van der Waals surface area contributed by atoms with E-state index in [1.807, 2.05) is 31.2 Å². The van der Waals surface area contributed by atoms with Gasteiger partial charge in [0, 0.05) is 29.7 Å². The molecule has 112 valence electrons. The maximum atomic E-state index is 13.5. The van der Waals surface area contributed by atoms with E-state index in [2.05, 4.69) is 10.3 Å². The molecule has 2 aromatic carbocycles. The first-order chi connectivity index (χ1) is 10.6. The highest BCUT2D eigenvalue weighted by atomic mass is 19.1. The van der Waals surface area contributed by atoms with Gasteiger partial charge in [-0.05, 0) is 36.1 Å². The number of pyridine rings is 1. The molecule has 0 bridgehead atoms. The summed E-state index contributed by atoms with van der Waals surface area (Å²) in [5.74, 6) is -0.238. The Hall–Kier alpha value is -2.46. The Morgan fingerprint density at radius 2 is 1.82 bits per heavy atom. The zero-order valence-corrected chi connectivity index (χ0v) is 12.3. The summed E-state index contributed by atoms with van der Waals surface area (Å²) in [6, 6.07) is 14.4. The second-order valence-corrected chi connectivity index (χ2v) is 5.41. The molecule has 0 aliphatic rings. The maximum Gasteiger partial charge on any atom is 0.252 e. The highest BCUT2D eigenvalue weighted by Gasteiger charge is 2.04. The van der Waals surface area contributed by atoms with Crippen LogP contribution in [0.4, 0.5) is 4.39 Å². The SMILES string of the molecule is Cc1ccc2cc(CNCc3ccccc3F)c(=O)[nH]c2c1. The number of benzene rings is 2. The number of aromatic nitrogens is 1. The summed E-state index contributed by atoms with van der Waals surface area (Å²) >= 11 is 0. The molecule has 0 spiro atoms. The lowest BCUT2D eigenvalue weighted by Gasteiger charge is -2.07. The quantitative estimate of drug-likeness (QED) is 0.776. The molecular weight excluding hydrogens is 279 g/mol. The van der Waals surface area contributed by atoms with E-state index < -0.39 is 0 Å². The Kier molecular flexibility index (Phi) is 4.02. The number of hydrogen-bond acceptors (Lipinski definition) is 2. The monoisotopic (exact) mass is 296 g/mol. The summed E-state index contributed by atoms with van der Waals surface area (Å²) in [5.41, 5.74) is 3.07. The fourth-order valence-electron chi connectivity index (χ4n) is 2.46. The van der Waals surface area contributed by atoms with E-state index in [1.54, 1.807) is 18.2 Å². The molecule has 3 aromatic rings. The van der Waals surface area contributed by atoms with Gasteiger partial charge in [-0.25, -0.2) is 4.39 Å². The Labute approximate surface area is 127 Å². The van der Waals surface area contributed by atoms with Crippen LogP contribution in [0.1, 0.15) is 16.7 Å². The first-order valence-corrected chi connectivity index (χ1v) is 7.20. The highest BCUT2D eigenvalue weighted by Crippen LogP contribution is 2.13. The number of aryl methyl sites for hydroxylation is 1. The second-order valence-electron chi connectivity index (χ2n) is 5.41. The lowest BCUT2D eigenvalue weighted by molar-refractivity contribution is 0.587. The van der Waals surface area contributed by atoms with E-state index in [4.69, 9.17) is 0 Å². The average molecular weight is 296 g/mol. The molecule has 0 atom stereocenters. The Bertz CT molecular complexity index is 870. The van der Waals surface area contributed by atoms with E-state index in [-0.39, 0.29) is 11.4 Å². The topological polar surface area (TPSA) is 44.9 Å². The summed E-state index contributed by atoms with van der Waals surface area (Å²) in [6.07, 6.45) is 0. The maximum absolute atomic E-state index is 13.5. The van der Waals surface area contributed by atoms with Crippen molar-refractivity contribution in [2.24, 2.45) is 0 Å². The minimum absolute atomic E-state index is 0.112. The Morgan fingerprint density at radius 3 is 2.64 bits per heavy atom. The molecule has 1 heterocycles. The van der Waals surface area contributed by atoms with Crippen molar-refractivity contribution in [3.05, 3.63) is 81.4 Å². The van der Waals surface area contributed by atoms with Crippen molar-refractivity contribution in [3.63, 3.8) is 0 Å². The van der Waals surface area contributed by atoms with Crippen molar-refractivity contribution in [2.75, 3.05) is 0 Å². The van der Waals surface area contributed by atoms with Gasteiger partial charge < -0.3 is 10.3 Å². The Balaban J connectivity index is 1.77. The van der Waals surface area contributed by atoms with E-state index in [9.17, 15) is 9.18 Å². The van der Waals surface area contributed by atoms with Gasteiger partial charge in [-0.2, -0.15) is 0 Å². The number of nitrogens with one attached hydrogen (secondary N) is 2. The van der Waals surface area contributed by atoms with E-state index in [1.165, 1.54) is 6.07 Å². The highest BCUT2D eigenvalue weighted by molar-refractivity contribution is 5.79. The number of halogens is 1. The van der Waals surface area contributed by atoms with Gasteiger partial charge in [0.2, 0.25) is 0 Å². The zero-order valence-electron chi connectivity index (χ0n) is 12.3.